The van der Waals surface area contributed by atoms with Crippen molar-refractivity contribution in [1.29, 1.82) is 0 Å². The van der Waals surface area contributed by atoms with Gasteiger partial charge in [-0.1, -0.05) is 30.3 Å². The molecule has 10 heteroatoms. The molecule has 34 heavy (non-hydrogen) atoms. The lowest BCUT2D eigenvalue weighted by atomic mass is 10.1. The number of H-pyrrole nitrogens is 1. The maximum absolute atomic E-state index is 13.3. The molecule has 1 heterocycles. The zero-order valence-electron chi connectivity index (χ0n) is 19.6. The molecule has 10 nitrogen and oxygen atoms in total. The van der Waals surface area contributed by atoms with Crippen molar-refractivity contribution in [3.8, 4) is 17.2 Å². The molecule has 0 aliphatic rings. The Labute approximate surface area is 196 Å². The number of amides is 1. The predicted molar refractivity (Wildman–Crippen MR) is 129 cm³/mol. The molecular weight excluding hydrogens is 440 g/mol. The fourth-order valence-electron chi connectivity index (χ4n) is 3.73. The van der Waals surface area contributed by atoms with Crippen LogP contribution in [0.2, 0.25) is 0 Å². The van der Waals surface area contributed by atoms with E-state index in [0.717, 1.165) is 5.56 Å². The summed E-state index contributed by atoms with van der Waals surface area (Å²) >= 11 is 0. The molecule has 0 atom stereocenters. The summed E-state index contributed by atoms with van der Waals surface area (Å²) < 4.78 is 17.3. The fourth-order valence-corrected chi connectivity index (χ4v) is 3.73. The number of carbonyl (C=O) groups is 1. The Bertz CT molecular complexity index is 1260. The molecular formula is C24H28N4O6. The second-order valence-corrected chi connectivity index (χ2v) is 7.41. The van der Waals surface area contributed by atoms with Crippen LogP contribution >= 0.6 is 0 Å². The molecule has 0 spiro atoms. The van der Waals surface area contributed by atoms with Gasteiger partial charge in [0.1, 0.15) is 5.82 Å². The largest absolute Gasteiger partial charge is 0.493 e. The van der Waals surface area contributed by atoms with Gasteiger partial charge in [-0.25, -0.2) is 4.79 Å². The molecule has 0 bridgehead atoms. The number of methoxy groups -OCH3 is 3. The summed E-state index contributed by atoms with van der Waals surface area (Å²) in [5.74, 6) is 0.738. The van der Waals surface area contributed by atoms with Crippen molar-refractivity contribution in [2.45, 2.75) is 19.9 Å². The Balaban J connectivity index is 1.99. The lowest BCUT2D eigenvalue weighted by Gasteiger charge is -2.23. The van der Waals surface area contributed by atoms with Gasteiger partial charge >= 0.3 is 5.69 Å². The third kappa shape index (κ3) is 4.90. The third-order valence-corrected chi connectivity index (χ3v) is 5.36. The van der Waals surface area contributed by atoms with Gasteiger partial charge in [0, 0.05) is 6.54 Å². The summed E-state index contributed by atoms with van der Waals surface area (Å²) in [5, 5.41) is 0. The van der Waals surface area contributed by atoms with Crippen molar-refractivity contribution < 1.29 is 19.0 Å². The van der Waals surface area contributed by atoms with Crippen LogP contribution in [0.15, 0.2) is 52.1 Å². The fraction of sp³-hybridized carbons (Fsp3) is 0.292. The van der Waals surface area contributed by atoms with Crippen molar-refractivity contribution in [3.63, 3.8) is 0 Å². The number of aromatic amines is 1. The van der Waals surface area contributed by atoms with Crippen molar-refractivity contribution in [3.05, 3.63) is 74.4 Å². The first-order valence-electron chi connectivity index (χ1n) is 10.6. The van der Waals surface area contributed by atoms with Gasteiger partial charge in [-0.05, 0) is 30.2 Å². The number of aromatic nitrogens is 2. The van der Waals surface area contributed by atoms with Gasteiger partial charge in [-0.3, -0.25) is 19.1 Å². The number of rotatable bonds is 9. The molecule has 0 aliphatic heterocycles. The minimum absolute atomic E-state index is 0.0682. The van der Waals surface area contributed by atoms with Crippen LogP contribution < -0.4 is 36.1 Å². The molecule has 0 aliphatic carbocycles. The lowest BCUT2D eigenvalue weighted by molar-refractivity contribution is -0.117. The molecule has 3 N–H and O–H groups in total. The second-order valence-electron chi connectivity index (χ2n) is 7.41. The van der Waals surface area contributed by atoms with Crippen LogP contribution in [0.3, 0.4) is 0 Å². The monoisotopic (exact) mass is 468 g/mol. The van der Waals surface area contributed by atoms with Gasteiger partial charge in [-0.2, -0.15) is 0 Å². The first-order chi connectivity index (χ1) is 16.3. The van der Waals surface area contributed by atoms with Crippen LogP contribution in [-0.4, -0.2) is 43.3 Å². The van der Waals surface area contributed by atoms with Crippen molar-refractivity contribution in [2.24, 2.45) is 0 Å². The van der Waals surface area contributed by atoms with E-state index in [0.29, 0.717) is 22.8 Å². The molecule has 0 saturated carbocycles. The SMILES string of the molecule is CCN(C(=O)Cc1cc(OC)c(OC)c(OC)c1)c1c(N)n(Cc2ccccc2)c(=O)[nH]c1=O. The van der Waals surface area contributed by atoms with E-state index >= 15 is 0 Å². The predicted octanol–water partition coefficient (Wildman–Crippen LogP) is 1.79. The van der Waals surface area contributed by atoms with Crippen LogP contribution in [0.4, 0.5) is 11.5 Å². The number of nitrogen functional groups attached to an aromatic ring is 1. The summed E-state index contributed by atoms with van der Waals surface area (Å²) in [5.41, 5.74) is 6.22. The van der Waals surface area contributed by atoms with Crippen LogP contribution in [0.5, 0.6) is 17.2 Å². The zero-order valence-corrected chi connectivity index (χ0v) is 19.6. The maximum atomic E-state index is 13.3. The quantitative estimate of drug-likeness (QED) is 0.490. The molecule has 0 fully saturated rings. The minimum Gasteiger partial charge on any atom is -0.493 e. The summed E-state index contributed by atoms with van der Waals surface area (Å²) in [6.07, 6.45) is -0.0682. The summed E-state index contributed by atoms with van der Waals surface area (Å²) in [4.78, 5) is 42.0. The normalized spacial score (nSPS) is 10.6. The molecule has 0 unspecified atom stereocenters. The van der Waals surface area contributed by atoms with E-state index in [1.54, 1.807) is 19.1 Å². The Kier molecular flexibility index (Phi) is 7.62. The van der Waals surface area contributed by atoms with Gasteiger partial charge in [0.15, 0.2) is 17.2 Å². The number of carbonyl (C=O) groups excluding carboxylic acids is 1. The van der Waals surface area contributed by atoms with Crippen LogP contribution in [0.1, 0.15) is 18.1 Å². The molecule has 1 aromatic heterocycles. The number of nitrogens with two attached hydrogens (primary N) is 1. The van der Waals surface area contributed by atoms with E-state index in [4.69, 9.17) is 19.9 Å². The highest BCUT2D eigenvalue weighted by atomic mass is 16.5. The highest BCUT2D eigenvalue weighted by molar-refractivity contribution is 5.96. The number of likely N-dealkylation sites (N-methyl/N-ethyl adjacent to an activating group) is 1. The van der Waals surface area contributed by atoms with E-state index in [9.17, 15) is 14.4 Å². The van der Waals surface area contributed by atoms with Gasteiger partial charge in [0.2, 0.25) is 11.7 Å². The molecule has 180 valence electrons. The van der Waals surface area contributed by atoms with E-state index in [1.165, 1.54) is 30.8 Å². The molecule has 0 saturated heterocycles. The van der Waals surface area contributed by atoms with Crippen LogP contribution in [0, 0.1) is 0 Å². The van der Waals surface area contributed by atoms with Gasteiger partial charge in [0.05, 0.1) is 34.3 Å². The van der Waals surface area contributed by atoms with Gasteiger partial charge < -0.3 is 24.8 Å². The third-order valence-electron chi connectivity index (χ3n) is 5.36. The van der Waals surface area contributed by atoms with E-state index in [-0.39, 0.29) is 36.9 Å². The summed E-state index contributed by atoms with van der Waals surface area (Å²) in [7, 11) is 4.46. The number of anilines is 2. The smallest absolute Gasteiger partial charge is 0.330 e. The number of nitrogens with one attached hydrogen (secondary N) is 1. The topological polar surface area (TPSA) is 129 Å². The van der Waals surface area contributed by atoms with Crippen LogP contribution in [-0.2, 0) is 17.8 Å². The van der Waals surface area contributed by atoms with Crippen molar-refractivity contribution in [1.82, 2.24) is 9.55 Å². The number of benzene rings is 2. The Hall–Kier alpha value is -4.21. The standard InChI is InChI=1S/C24H28N4O6/c1-5-27(19(29)13-16-11-17(32-2)21(34-4)18(12-16)33-3)20-22(25)28(24(31)26-23(20)30)14-15-9-7-6-8-10-15/h6-12H,5,13-14,25H2,1-4H3,(H,26,30,31). The van der Waals surface area contributed by atoms with E-state index in [2.05, 4.69) is 4.98 Å². The average molecular weight is 469 g/mol. The Morgan fingerprint density at radius 2 is 1.62 bits per heavy atom. The molecule has 1 amide bonds. The number of nitrogens with zero attached hydrogens (tertiary/aromatic N) is 2. The highest BCUT2D eigenvalue weighted by Crippen LogP contribution is 2.38. The minimum atomic E-state index is -0.730. The van der Waals surface area contributed by atoms with Crippen LogP contribution in [0.25, 0.3) is 0 Å². The molecule has 3 aromatic rings. The number of hydrogen-bond donors (Lipinski definition) is 2. The maximum Gasteiger partial charge on any atom is 0.330 e. The Morgan fingerprint density at radius 3 is 2.15 bits per heavy atom. The second kappa shape index (κ2) is 10.6. The number of ether oxygens (including phenoxy) is 3. The summed E-state index contributed by atoms with van der Waals surface area (Å²) in [6.45, 7) is 2.03. The van der Waals surface area contributed by atoms with Crippen molar-refractivity contribution in [2.75, 3.05) is 38.5 Å². The van der Waals surface area contributed by atoms with Crippen molar-refractivity contribution >= 4 is 17.4 Å². The Morgan fingerprint density at radius 1 is 1.00 bits per heavy atom. The van der Waals surface area contributed by atoms with E-state index in [1.807, 2.05) is 30.3 Å². The van der Waals surface area contributed by atoms with E-state index < -0.39 is 11.2 Å². The lowest BCUT2D eigenvalue weighted by Crippen LogP contribution is -2.41. The molecule has 2 aromatic carbocycles. The average Bonchev–Trinajstić information content (AvgIpc) is 2.84. The van der Waals surface area contributed by atoms with Gasteiger partial charge in [-0.15, -0.1) is 0 Å². The summed E-state index contributed by atoms with van der Waals surface area (Å²) in [6, 6.07) is 12.5. The highest BCUT2D eigenvalue weighted by Gasteiger charge is 2.24. The first kappa shape index (κ1) is 24.4. The van der Waals surface area contributed by atoms with Gasteiger partial charge in [0.25, 0.3) is 5.56 Å². The number of hydrogen-bond acceptors (Lipinski definition) is 7. The first-order valence-corrected chi connectivity index (χ1v) is 10.6. The zero-order chi connectivity index (χ0) is 24.8. The molecule has 3 rings (SSSR count). The molecule has 0 radical (unpaired) electrons.